The molecule has 138 valence electrons. The number of carbonyl (C=O) groups is 1. The summed E-state index contributed by atoms with van der Waals surface area (Å²) in [4.78, 5) is 25.6. The van der Waals surface area contributed by atoms with Crippen molar-refractivity contribution >= 4 is 17.4 Å². The average Bonchev–Trinajstić information content (AvgIpc) is 2.68. The highest BCUT2D eigenvalue weighted by Crippen LogP contribution is 2.29. The molecule has 1 aromatic heterocycles. The van der Waals surface area contributed by atoms with Gasteiger partial charge >= 0.3 is 0 Å². The van der Waals surface area contributed by atoms with E-state index >= 15 is 0 Å². The van der Waals surface area contributed by atoms with Crippen molar-refractivity contribution in [3.05, 3.63) is 36.3 Å². The minimum absolute atomic E-state index is 0.243. The largest absolute Gasteiger partial charge is 0.497 e. The zero-order chi connectivity index (χ0) is 18.5. The molecule has 0 radical (unpaired) electrons. The van der Waals surface area contributed by atoms with Gasteiger partial charge in [-0.1, -0.05) is 0 Å². The molecule has 8 heteroatoms. The van der Waals surface area contributed by atoms with Gasteiger partial charge in [0.25, 0.3) is 5.91 Å². The Morgan fingerprint density at radius 1 is 1.08 bits per heavy atom. The topological polar surface area (TPSA) is 79.8 Å². The molecule has 8 nitrogen and oxygen atoms in total. The van der Waals surface area contributed by atoms with Crippen LogP contribution in [0.1, 0.15) is 10.5 Å². The molecule has 0 bridgehead atoms. The first-order valence-corrected chi connectivity index (χ1v) is 8.39. The predicted molar refractivity (Wildman–Crippen MR) is 99.2 cm³/mol. The Hall–Kier alpha value is -2.87. The molecular weight excluding hydrogens is 334 g/mol. The maximum Gasteiger partial charge on any atom is 0.275 e. The second-order valence-corrected chi connectivity index (χ2v) is 6.07. The number of ether oxygens (including phenoxy) is 2. The fraction of sp³-hybridized carbons (Fsp3) is 0.389. The van der Waals surface area contributed by atoms with Crippen LogP contribution in [0.4, 0.5) is 11.5 Å². The predicted octanol–water partition coefficient (Wildman–Crippen LogP) is 1.50. The Labute approximate surface area is 152 Å². The van der Waals surface area contributed by atoms with Gasteiger partial charge in [-0.05, 0) is 19.2 Å². The lowest BCUT2D eigenvalue weighted by Crippen LogP contribution is -2.44. The van der Waals surface area contributed by atoms with Crippen molar-refractivity contribution < 1.29 is 14.3 Å². The summed E-state index contributed by atoms with van der Waals surface area (Å²) in [5, 5.41) is 2.79. The van der Waals surface area contributed by atoms with Crippen LogP contribution in [-0.2, 0) is 0 Å². The number of hydrogen-bond acceptors (Lipinski definition) is 7. The maximum absolute atomic E-state index is 12.5. The molecular formula is C18H23N5O3. The van der Waals surface area contributed by atoms with Gasteiger partial charge in [-0.2, -0.15) is 0 Å². The lowest BCUT2D eigenvalue weighted by molar-refractivity contribution is 0.102. The number of hydrogen-bond donors (Lipinski definition) is 1. The summed E-state index contributed by atoms with van der Waals surface area (Å²) in [5.74, 6) is 1.60. The molecule has 2 heterocycles. The highest BCUT2D eigenvalue weighted by atomic mass is 16.5. The normalized spacial score (nSPS) is 14.8. The summed E-state index contributed by atoms with van der Waals surface area (Å²) in [6.07, 6.45) is 3.14. The lowest BCUT2D eigenvalue weighted by atomic mass is 10.2. The summed E-state index contributed by atoms with van der Waals surface area (Å²) in [7, 11) is 5.21. The number of anilines is 2. The molecule has 26 heavy (non-hydrogen) atoms. The molecule has 1 amide bonds. The van der Waals surface area contributed by atoms with Gasteiger partial charge in [0.1, 0.15) is 23.0 Å². The van der Waals surface area contributed by atoms with Crippen molar-refractivity contribution in [1.29, 1.82) is 0 Å². The Balaban J connectivity index is 1.70. The Morgan fingerprint density at radius 3 is 2.46 bits per heavy atom. The first-order chi connectivity index (χ1) is 12.6. The van der Waals surface area contributed by atoms with Gasteiger partial charge in [0.05, 0.1) is 32.3 Å². The summed E-state index contributed by atoms with van der Waals surface area (Å²) < 4.78 is 10.5. The molecule has 1 N–H and O–H groups in total. The number of aromatic nitrogens is 2. The first kappa shape index (κ1) is 17.9. The number of rotatable bonds is 5. The van der Waals surface area contributed by atoms with Crippen LogP contribution in [-0.4, -0.2) is 68.2 Å². The average molecular weight is 357 g/mol. The summed E-state index contributed by atoms with van der Waals surface area (Å²) in [5.41, 5.74) is 0.759. The van der Waals surface area contributed by atoms with Crippen LogP contribution in [0.2, 0.25) is 0 Å². The second-order valence-electron chi connectivity index (χ2n) is 6.07. The number of nitrogens with one attached hydrogen (secondary N) is 1. The van der Waals surface area contributed by atoms with Gasteiger partial charge in [-0.25, -0.2) is 9.97 Å². The fourth-order valence-corrected chi connectivity index (χ4v) is 2.74. The van der Waals surface area contributed by atoms with Gasteiger partial charge in [-0.3, -0.25) is 4.79 Å². The zero-order valence-corrected chi connectivity index (χ0v) is 15.2. The van der Waals surface area contributed by atoms with Crippen molar-refractivity contribution in [2.75, 3.05) is 57.7 Å². The van der Waals surface area contributed by atoms with Crippen LogP contribution in [0, 0.1) is 0 Å². The van der Waals surface area contributed by atoms with Crippen LogP contribution in [0.5, 0.6) is 11.5 Å². The van der Waals surface area contributed by atoms with Crippen LogP contribution in [0.3, 0.4) is 0 Å². The van der Waals surface area contributed by atoms with E-state index in [1.54, 1.807) is 38.6 Å². The van der Waals surface area contributed by atoms with E-state index < -0.39 is 0 Å². The first-order valence-electron chi connectivity index (χ1n) is 8.39. The molecule has 0 aliphatic carbocycles. The van der Waals surface area contributed by atoms with Gasteiger partial charge in [0.2, 0.25) is 0 Å². The van der Waals surface area contributed by atoms with Crippen molar-refractivity contribution in [1.82, 2.24) is 14.9 Å². The number of benzene rings is 1. The maximum atomic E-state index is 12.5. The number of likely N-dealkylation sites (N-methyl/N-ethyl adjacent to an activating group) is 1. The van der Waals surface area contributed by atoms with E-state index in [-0.39, 0.29) is 11.6 Å². The van der Waals surface area contributed by atoms with Crippen molar-refractivity contribution in [2.45, 2.75) is 0 Å². The highest BCUT2D eigenvalue weighted by molar-refractivity contribution is 6.03. The third-order valence-corrected chi connectivity index (χ3v) is 4.35. The van der Waals surface area contributed by atoms with Gasteiger partial charge in [0, 0.05) is 32.2 Å². The molecule has 1 aliphatic heterocycles. The minimum Gasteiger partial charge on any atom is -0.497 e. The second kappa shape index (κ2) is 8.01. The highest BCUT2D eigenvalue weighted by Gasteiger charge is 2.17. The van der Waals surface area contributed by atoms with E-state index in [1.165, 1.54) is 6.20 Å². The zero-order valence-electron chi connectivity index (χ0n) is 15.2. The Morgan fingerprint density at radius 2 is 1.85 bits per heavy atom. The van der Waals surface area contributed by atoms with E-state index in [0.717, 1.165) is 32.0 Å². The number of amides is 1. The molecule has 1 saturated heterocycles. The lowest BCUT2D eigenvalue weighted by Gasteiger charge is -2.32. The van der Waals surface area contributed by atoms with E-state index in [4.69, 9.17) is 9.47 Å². The Kier molecular flexibility index (Phi) is 5.52. The van der Waals surface area contributed by atoms with Gasteiger partial charge in [0.15, 0.2) is 0 Å². The van der Waals surface area contributed by atoms with Gasteiger partial charge < -0.3 is 24.6 Å². The van der Waals surface area contributed by atoms with Crippen LogP contribution in [0.25, 0.3) is 0 Å². The molecule has 0 spiro atoms. The molecule has 1 aliphatic rings. The number of piperazine rings is 1. The molecule has 2 aromatic rings. The monoisotopic (exact) mass is 357 g/mol. The van der Waals surface area contributed by atoms with E-state index in [0.29, 0.717) is 17.2 Å². The van der Waals surface area contributed by atoms with Crippen molar-refractivity contribution in [3.63, 3.8) is 0 Å². The van der Waals surface area contributed by atoms with E-state index in [1.807, 2.05) is 0 Å². The Bertz CT molecular complexity index is 758. The standard InChI is InChI=1S/C18H23N5O3/c1-22-6-8-23(9-7-22)17-12-19-15(11-20-17)18(24)21-14-10-13(25-2)4-5-16(14)26-3/h4-5,10-12H,6-9H2,1-3H3,(H,21,24). The summed E-state index contributed by atoms with van der Waals surface area (Å²) >= 11 is 0. The summed E-state index contributed by atoms with van der Waals surface area (Å²) in [6, 6.07) is 5.19. The number of carbonyl (C=O) groups excluding carboxylic acids is 1. The SMILES string of the molecule is COc1ccc(OC)c(NC(=O)c2cnc(N3CCN(C)CC3)cn2)c1. The van der Waals surface area contributed by atoms with Crippen LogP contribution >= 0.6 is 0 Å². The minimum atomic E-state index is -0.353. The van der Waals surface area contributed by atoms with Gasteiger partial charge in [-0.15, -0.1) is 0 Å². The number of nitrogens with zero attached hydrogens (tertiary/aromatic N) is 4. The summed E-state index contributed by atoms with van der Waals surface area (Å²) in [6.45, 7) is 3.77. The third-order valence-electron chi connectivity index (χ3n) is 4.35. The van der Waals surface area contributed by atoms with Crippen LogP contribution in [0.15, 0.2) is 30.6 Å². The van der Waals surface area contributed by atoms with Crippen LogP contribution < -0.4 is 19.7 Å². The molecule has 0 unspecified atom stereocenters. The number of methoxy groups -OCH3 is 2. The molecule has 1 fully saturated rings. The molecule has 0 saturated carbocycles. The fourth-order valence-electron chi connectivity index (χ4n) is 2.74. The third kappa shape index (κ3) is 4.02. The quantitative estimate of drug-likeness (QED) is 0.868. The molecule has 3 rings (SSSR count). The molecule has 0 atom stereocenters. The smallest absolute Gasteiger partial charge is 0.275 e. The van der Waals surface area contributed by atoms with E-state index in [2.05, 4.69) is 32.1 Å². The van der Waals surface area contributed by atoms with E-state index in [9.17, 15) is 4.79 Å². The van der Waals surface area contributed by atoms with Crippen molar-refractivity contribution in [3.8, 4) is 11.5 Å². The molecule has 1 aromatic carbocycles. The van der Waals surface area contributed by atoms with Crippen molar-refractivity contribution in [2.24, 2.45) is 0 Å².